The van der Waals surface area contributed by atoms with E-state index in [1.54, 1.807) is 6.92 Å². The number of nitrogens with zero attached hydrogens (tertiary/aromatic N) is 2. The van der Waals surface area contributed by atoms with E-state index in [4.69, 9.17) is 9.47 Å². The second-order valence-corrected chi connectivity index (χ2v) is 3.86. The van der Waals surface area contributed by atoms with Crippen LogP contribution >= 0.6 is 0 Å². The highest BCUT2D eigenvalue weighted by Crippen LogP contribution is 2.13. The molecule has 0 radical (unpaired) electrons. The fraction of sp³-hybridized carbons (Fsp3) is 0.538. The number of ether oxygens (including phenoxy) is 3. The summed E-state index contributed by atoms with van der Waals surface area (Å²) in [6.07, 6.45) is 2.52. The van der Waals surface area contributed by atoms with E-state index in [0.29, 0.717) is 31.0 Å². The van der Waals surface area contributed by atoms with Crippen LogP contribution < -0.4 is 4.74 Å². The number of methoxy groups -OCH3 is 2. The van der Waals surface area contributed by atoms with Gasteiger partial charge in [-0.05, 0) is 19.8 Å². The van der Waals surface area contributed by atoms with Gasteiger partial charge in [0.05, 0.1) is 32.7 Å². The fourth-order valence-corrected chi connectivity index (χ4v) is 1.58. The topological polar surface area (TPSA) is 87.6 Å². The van der Waals surface area contributed by atoms with E-state index >= 15 is 0 Å². The normalized spacial score (nSPS) is 9.95. The maximum Gasteiger partial charge on any atom is 0.358 e. The van der Waals surface area contributed by atoms with Crippen molar-refractivity contribution in [1.29, 1.82) is 0 Å². The molecule has 1 heterocycles. The first-order valence-electron chi connectivity index (χ1n) is 6.26. The van der Waals surface area contributed by atoms with Gasteiger partial charge in [0.25, 0.3) is 0 Å². The number of rotatable bonds is 7. The summed E-state index contributed by atoms with van der Waals surface area (Å²) in [6, 6.07) is 0. The zero-order valence-corrected chi connectivity index (χ0v) is 11.8. The SMILES string of the molecule is CCOC(=O)CCCc1nc(OC)cnc1C(=O)OC. The summed E-state index contributed by atoms with van der Waals surface area (Å²) in [5.41, 5.74) is 0.581. The number of hydrogen-bond acceptors (Lipinski definition) is 7. The van der Waals surface area contributed by atoms with Gasteiger partial charge in [0, 0.05) is 6.42 Å². The Morgan fingerprint density at radius 3 is 2.65 bits per heavy atom. The Balaban J connectivity index is 2.75. The molecule has 0 aliphatic carbocycles. The largest absolute Gasteiger partial charge is 0.480 e. The molecule has 7 nitrogen and oxygen atoms in total. The van der Waals surface area contributed by atoms with Crippen molar-refractivity contribution >= 4 is 11.9 Å². The van der Waals surface area contributed by atoms with Gasteiger partial charge in [0.2, 0.25) is 5.88 Å². The van der Waals surface area contributed by atoms with E-state index in [1.807, 2.05) is 0 Å². The van der Waals surface area contributed by atoms with Crippen LogP contribution in [-0.2, 0) is 20.7 Å². The van der Waals surface area contributed by atoms with Crippen molar-refractivity contribution < 1.29 is 23.8 Å². The Morgan fingerprint density at radius 2 is 2.05 bits per heavy atom. The summed E-state index contributed by atoms with van der Waals surface area (Å²) in [4.78, 5) is 31.0. The summed E-state index contributed by atoms with van der Waals surface area (Å²) in [7, 11) is 2.74. The van der Waals surface area contributed by atoms with Gasteiger partial charge in [0.15, 0.2) is 5.69 Å². The maximum atomic E-state index is 11.6. The van der Waals surface area contributed by atoms with Crippen LogP contribution in [0.5, 0.6) is 5.88 Å². The molecule has 0 aliphatic rings. The van der Waals surface area contributed by atoms with E-state index in [9.17, 15) is 9.59 Å². The monoisotopic (exact) mass is 282 g/mol. The first-order chi connectivity index (χ1) is 9.62. The van der Waals surface area contributed by atoms with Crippen molar-refractivity contribution in [3.8, 4) is 5.88 Å². The molecule has 0 unspecified atom stereocenters. The lowest BCUT2D eigenvalue weighted by Crippen LogP contribution is -2.12. The number of carbonyl (C=O) groups is 2. The number of hydrogen-bond donors (Lipinski definition) is 0. The number of carbonyl (C=O) groups excluding carboxylic acids is 2. The van der Waals surface area contributed by atoms with Gasteiger partial charge in [-0.1, -0.05) is 0 Å². The highest BCUT2D eigenvalue weighted by Gasteiger charge is 2.16. The van der Waals surface area contributed by atoms with Crippen LogP contribution in [0.2, 0.25) is 0 Å². The molecule has 0 bridgehead atoms. The number of aryl methyl sites for hydroxylation is 1. The molecule has 0 aliphatic heterocycles. The van der Waals surface area contributed by atoms with Crippen LogP contribution in [0.15, 0.2) is 6.20 Å². The van der Waals surface area contributed by atoms with E-state index in [2.05, 4.69) is 14.7 Å². The Labute approximate surface area is 117 Å². The molecule has 20 heavy (non-hydrogen) atoms. The molecular weight excluding hydrogens is 264 g/mol. The quantitative estimate of drug-likeness (QED) is 0.693. The van der Waals surface area contributed by atoms with Crippen molar-refractivity contribution in [2.75, 3.05) is 20.8 Å². The molecule has 0 aromatic carbocycles. The third-order valence-electron chi connectivity index (χ3n) is 2.51. The predicted octanol–water partition coefficient (Wildman–Crippen LogP) is 1.16. The highest BCUT2D eigenvalue weighted by molar-refractivity contribution is 5.88. The molecule has 1 aromatic rings. The van der Waals surface area contributed by atoms with Gasteiger partial charge in [-0.2, -0.15) is 0 Å². The third-order valence-corrected chi connectivity index (χ3v) is 2.51. The van der Waals surface area contributed by atoms with Crippen LogP contribution in [0.1, 0.15) is 35.9 Å². The first-order valence-corrected chi connectivity index (χ1v) is 6.26. The maximum absolute atomic E-state index is 11.6. The molecule has 0 saturated heterocycles. The van der Waals surface area contributed by atoms with E-state index in [0.717, 1.165) is 0 Å². The van der Waals surface area contributed by atoms with Crippen molar-refractivity contribution in [3.63, 3.8) is 0 Å². The lowest BCUT2D eigenvalue weighted by atomic mass is 10.1. The summed E-state index contributed by atoms with van der Waals surface area (Å²) in [6.45, 7) is 2.10. The number of esters is 2. The summed E-state index contributed by atoms with van der Waals surface area (Å²) in [5.74, 6) is -0.530. The van der Waals surface area contributed by atoms with Gasteiger partial charge in [-0.3, -0.25) is 4.79 Å². The minimum atomic E-state index is -0.564. The summed E-state index contributed by atoms with van der Waals surface area (Å²) in [5, 5.41) is 0. The molecule has 1 rings (SSSR count). The minimum absolute atomic E-state index is 0.136. The lowest BCUT2D eigenvalue weighted by Gasteiger charge is -2.08. The molecule has 0 atom stereocenters. The van der Waals surface area contributed by atoms with Crippen LogP contribution in [-0.4, -0.2) is 42.7 Å². The van der Waals surface area contributed by atoms with Gasteiger partial charge in [-0.25, -0.2) is 14.8 Å². The van der Waals surface area contributed by atoms with Crippen molar-refractivity contribution in [2.24, 2.45) is 0 Å². The van der Waals surface area contributed by atoms with Crippen molar-refractivity contribution in [3.05, 3.63) is 17.6 Å². The highest BCUT2D eigenvalue weighted by atomic mass is 16.5. The van der Waals surface area contributed by atoms with Crippen LogP contribution in [0.3, 0.4) is 0 Å². The van der Waals surface area contributed by atoms with Crippen LogP contribution in [0, 0.1) is 0 Å². The molecule has 1 aromatic heterocycles. The second-order valence-electron chi connectivity index (χ2n) is 3.86. The first kappa shape index (κ1) is 15.9. The van der Waals surface area contributed by atoms with Gasteiger partial charge in [0.1, 0.15) is 0 Å². The predicted molar refractivity (Wildman–Crippen MR) is 69.5 cm³/mol. The van der Waals surface area contributed by atoms with E-state index in [-0.39, 0.29) is 18.1 Å². The molecule has 0 spiro atoms. The Hall–Kier alpha value is -2.18. The van der Waals surface area contributed by atoms with E-state index < -0.39 is 5.97 Å². The van der Waals surface area contributed by atoms with Crippen molar-refractivity contribution in [2.45, 2.75) is 26.2 Å². The molecule has 110 valence electrons. The van der Waals surface area contributed by atoms with Crippen molar-refractivity contribution in [1.82, 2.24) is 9.97 Å². The summed E-state index contributed by atoms with van der Waals surface area (Å²) >= 11 is 0. The zero-order chi connectivity index (χ0) is 15.0. The third kappa shape index (κ3) is 4.49. The lowest BCUT2D eigenvalue weighted by molar-refractivity contribution is -0.143. The minimum Gasteiger partial charge on any atom is -0.480 e. The summed E-state index contributed by atoms with van der Waals surface area (Å²) < 4.78 is 14.4. The Morgan fingerprint density at radius 1 is 1.30 bits per heavy atom. The van der Waals surface area contributed by atoms with Gasteiger partial charge < -0.3 is 14.2 Å². The van der Waals surface area contributed by atoms with Crippen LogP contribution in [0.4, 0.5) is 0 Å². The van der Waals surface area contributed by atoms with Gasteiger partial charge >= 0.3 is 11.9 Å². The Kier molecular flexibility index (Phi) is 6.42. The fourth-order valence-electron chi connectivity index (χ4n) is 1.58. The van der Waals surface area contributed by atoms with E-state index in [1.165, 1.54) is 20.4 Å². The molecule has 0 saturated carbocycles. The average Bonchev–Trinajstić information content (AvgIpc) is 2.46. The molecule has 0 amide bonds. The molecule has 7 heteroatoms. The smallest absolute Gasteiger partial charge is 0.358 e. The van der Waals surface area contributed by atoms with Gasteiger partial charge in [-0.15, -0.1) is 0 Å². The second kappa shape index (κ2) is 8.08. The molecule has 0 N–H and O–H groups in total. The number of aromatic nitrogens is 2. The molecular formula is C13H18N2O5. The molecule has 0 fully saturated rings. The Bertz CT molecular complexity index is 476. The zero-order valence-electron chi connectivity index (χ0n) is 11.8. The average molecular weight is 282 g/mol. The van der Waals surface area contributed by atoms with Crippen LogP contribution in [0.25, 0.3) is 0 Å². The standard InChI is InChI=1S/C13H18N2O5/c1-4-20-11(16)7-5-6-9-12(13(17)19-3)14-8-10(15-9)18-2/h8H,4-7H2,1-3H3.